The third-order valence-corrected chi connectivity index (χ3v) is 3.27. The zero-order valence-corrected chi connectivity index (χ0v) is 14.2. The van der Waals surface area contributed by atoms with Gasteiger partial charge in [-0.15, -0.1) is 0 Å². The Morgan fingerprint density at radius 1 is 1.26 bits per heavy atom. The number of carboxylic acids is 1. The summed E-state index contributed by atoms with van der Waals surface area (Å²) < 4.78 is 4.97. The Labute approximate surface area is 143 Å². The van der Waals surface area contributed by atoms with E-state index in [2.05, 4.69) is 4.99 Å². The van der Waals surface area contributed by atoms with Gasteiger partial charge in [-0.3, -0.25) is 14.6 Å². The molecular weight excluding hydrogens is 345 g/mol. The van der Waals surface area contributed by atoms with Crippen molar-refractivity contribution in [2.45, 2.75) is 26.9 Å². The Bertz CT molecular complexity index is 670. The highest BCUT2D eigenvalue weighted by Gasteiger charge is 2.24. The highest BCUT2D eigenvalue weighted by Crippen LogP contribution is 2.32. The summed E-state index contributed by atoms with van der Waals surface area (Å²) in [5.41, 5.74) is -0.185. The maximum Gasteiger partial charge on any atom is 0.337 e. The van der Waals surface area contributed by atoms with E-state index in [9.17, 15) is 14.4 Å². The normalized spacial score (nSPS) is 12.4. The van der Waals surface area contributed by atoms with Gasteiger partial charge in [-0.25, -0.2) is 4.79 Å². The molecule has 1 aromatic rings. The minimum absolute atomic E-state index is 0.0418. The van der Waals surface area contributed by atoms with E-state index in [0.29, 0.717) is 0 Å². The molecule has 0 bridgehead atoms. The van der Waals surface area contributed by atoms with Crippen molar-refractivity contribution in [1.82, 2.24) is 0 Å². The predicted molar refractivity (Wildman–Crippen MR) is 87.0 cm³/mol. The molecule has 0 saturated heterocycles. The molecule has 0 amide bonds. The summed E-state index contributed by atoms with van der Waals surface area (Å²) in [6, 6.07) is 2.51. The number of halogens is 2. The molecule has 1 rings (SSSR count). The van der Waals surface area contributed by atoms with Crippen LogP contribution >= 0.6 is 23.2 Å². The number of ether oxygens (including phenoxy) is 1. The van der Waals surface area contributed by atoms with Crippen molar-refractivity contribution >= 4 is 52.8 Å². The minimum Gasteiger partial charge on any atom is -0.478 e. The van der Waals surface area contributed by atoms with Crippen molar-refractivity contribution in [2.24, 2.45) is 10.9 Å². The van der Waals surface area contributed by atoms with E-state index in [0.717, 1.165) is 6.21 Å². The second-order valence-electron chi connectivity index (χ2n) is 4.94. The number of hydrogen-bond donors (Lipinski definition) is 1. The molecule has 23 heavy (non-hydrogen) atoms. The number of carboxylic acid groups (broad SMARTS) is 1. The van der Waals surface area contributed by atoms with Crippen LogP contribution in [0.15, 0.2) is 17.1 Å². The summed E-state index contributed by atoms with van der Waals surface area (Å²) in [6.45, 7) is 4.53. The highest BCUT2D eigenvalue weighted by atomic mass is 35.5. The van der Waals surface area contributed by atoms with Gasteiger partial charge < -0.3 is 9.84 Å². The van der Waals surface area contributed by atoms with Gasteiger partial charge >= 0.3 is 11.9 Å². The molecule has 1 N–H and O–H groups in total. The number of rotatable bonds is 6. The Kier molecular flexibility index (Phi) is 6.72. The van der Waals surface area contributed by atoms with Crippen molar-refractivity contribution in [3.8, 4) is 0 Å². The van der Waals surface area contributed by atoms with E-state index < -0.39 is 23.6 Å². The van der Waals surface area contributed by atoms with E-state index in [4.69, 9.17) is 33.0 Å². The largest absolute Gasteiger partial charge is 0.478 e. The molecule has 0 saturated carbocycles. The van der Waals surface area contributed by atoms with Crippen LogP contribution in [0, 0.1) is 5.92 Å². The molecule has 0 spiro atoms. The molecule has 0 aliphatic carbocycles. The molecule has 1 atom stereocenters. The first-order valence-corrected chi connectivity index (χ1v) is 7.36. The first-order chi connectivity index (χ1) is 10.6. The molecule has 8 heteroatoms. The third-order valence-electron chi connectivity index (χ3n) is 2.66. The molecule has 0 aliphatic heterocycles. The summed E-state index contributed by atoms with van der Waals surface area (Å²) in [7, 11) is 0. The topological polar surface area (TPSA) is 93.0 Å². The van der Waals surface area contributed by atoms with Gasteiger partial charge in [-0.05, 0) is 32.9 Å². The number of benzene rings is 1. The number of carbonyl (C=O) groups is 3. The van der Waals surface area contributed by atoms with Gasteiger partial charge in [-0.1, -0.05) is 23.2 Å². The summed E-state index contributed by atoms with van der Waals surface area (Å²) >= 11 is 11.8. The summed E-state index contributed by atoms with van der Waals surface area (Å²) in [5, 5.41) is 9.02. The van der Waals surface area contributed by atoms with Crippen molar-refractivity contribution < 1.29 is 24.2 Å². The van der Waals surface area contributed by atoms with E-state index in [1.54, 1.807) is 13.8 Å². The number of Topliss-reactive ketones (excluding diaryl/α,β-unsaturated/α-hetero) is 1. The van der Waals surface area contributed by atoms with Gasteiger partial charge in [0.25, 0.3) is 0 Å². The van der Waals surface area contributed by atoms with E-state index in [1.807, 2.05) is 0 Å². The molecule has 6 nitrogen and oxygen atoms in total. The second kappa shape index (κ2) is 8.08. The van der Waals surface area contributed by atoms with Gasteiger partial charge in [0, 0.05) is 11.2 Å². The average molecular weight is 360 g/mol. The molecule has 124 valence electrons. The van der Waals surface area contributed by atoms with Crippen molar-refractivity contribution in [3.05, 3.63) is 27.7 Å². The molecule has 0 fully saturated rings. The standard InChI is InChI=1S/C15H15Cl2NO5/c1-7(2)23-15(22)11(8(3)19)6-18-12-5-9(16)4-10(13(12)17)14(20)21/h4-7,11H,1-3H3,(H,20,21). The van der Waals surface area contributed by atoms with Crippen LogP contribution in [-0.2, 0) is 14.3 Å². The molecule has 0 aliphatic rings. The van der Waals surface area contributed by atoms with Gasteiger partial charge in [0.2, 0.25) is 0 Å². The lowest BCUT2D eigenvalue weighted by atomic mass is 10.1. The SMILES string of the molecule is CC(=O)C(C=Nc1cc(Cl)cc(C(=O)O)c1Cl)C(=O)OC(C)C. The van der Waals surface area contributed by atoms with E-state index in [-0.39, 0.29) is 27.4 Å². The Morgan fingerprint density at radius 3 is 2.35 bits per heavy atom. The summed E-state index contributed by atoms with van der Waals surface area (Å²) in [6.07, 6.45) is 0.682. The van der Waals surface area contributed by atoms with Crippen LogP contribution in [0.5, 0.6) is 0 Å². The lowest BCUT2D eigenvalue weighted by Gasteiger charge is -2.12. The number of aliphatic imine (C=N–C) groups is 1. The van der Waals surface area contributed by atoms with Crippen LogP contribution in [0.4, 0.5) is 5.69 Å². The zero-order chi connectivity index (χ0) is 17.7. The van der Waals surface area contributed by atoms with E-state index in [1.165, 1.54) is 19.1 Å². The van der Waals surface area contributed by atoms with Crippen LogP contribution in [0.3, 0.4) is 0 Å². The maximum absolute atomic E-state index is 11.9. The number of ketones is 1. The van der Waals surface area contributed by atoms with Crippen molar-refractivity contribution in [3.63, 3.8) is 0 Å². The second-order valence-corrected chi connectivity index (χ2v) is 5.76. The third kappa shape index (κ3) is 5.33. The lowest BCUT2D eigenvalue weighted by Crippen LogP contribution is -2.27. The minimum atomic E-state index is -1.27. The van der Waals surface area contributed by atoms with E-state index >= 15 is 0 Å². The van der Waals surface area contributed by atoms with Crippen LogP contribution in [0.25, 0.3) is 0 Å². The average Bonchev–Trinajstić information content (AvgIpc) is 2.40. The fraction of sp³-hybridized carbons (Fsp3) is 0.333. The Hall–Kier alpha value is -1.92. The summed E-state index contributed by atoms with van der Waals surface area (Å²) in [4.78, 5) is 38.4. The first-order valence-electron chi connectivity index (χ1n) is 6.61. The molecular formula is C15H15Cl2NO5. The molecule has 0 aromatic heterocycles. The molecule has 1 aromatic carbocycles. The molecule has 0 radical (unpaired) electrons. The quantitative estimate of drug-likeness (QED) is 0.476. The van der Waals surface area contributed by atoms with Crippen molar-refractivity contribution in [2.75, 3.05) is 0 Å². The van der Waals surface area contributed by atoms with Gasteiger partial charge in [-0.2, -0.15) is 0 Å². The number of nitrogens with zero attached hydrogens (tertiary/aromatic N) is 1. The molecule has 1 unspecified atom stereocenters. The van der Waals surface area contributed by atoms with Crippen LogP contribution in [0.1, 0.15) is 31.1 Å². The lowest BCUT2D eigenvalue weighted by molar-refractivity contribution is -0.151. The number of aromatic carboxylic acids is 1. The van der Waals surface area contributed by atoms with Gasteiger partial charge in [0.15, 0.2) is 5.92 Å². The maximum atomic E-state index is 11.9. The van der Waals surface area contributed by atoms with Crippen molar-refractivity contribution in [1.29, 1.82) is 0 Å². The van der Waals surface area contributed by atoms with Crippen LogP contribution < -0.4 is 0 Å². The zero-order valence-electron chi connectivity index (χ0n) is 12.7. The summed E-state index contributed by atoms with van der Waals surface area (Å²) in [5.74, 6) is -3.68. The monoisotopic (exact) mass is 359 g/mol. The highest BCUT2D eigenvalue weighted by molar-refractivity contribution is 6.38. The number of hydrogen-bond acceptors (Lipinski definition) is 5. The molecule has 0 heterocycles. The first kappa shape index (κ1) is 19.1. The predicted octanol–water partition coefficient (Wildman–Crippen LogP) is 3.55. The smallest absolute Gasteiger partial charge is 0.337 e. The van der Waals surface area contributed by atoms with Crippen LogP contribution in [-0.4, -0.2) is 35.1 Å². The number of carbonyl (C=O) groups excluding carboxylic acids is 2. The number of esters is 1. The Morgan fingerprint density at radius 2 is 1.87 bits per heavy atom. The van der Waals surface area contributed by atoms with Gasteiger partial charge in [0.1, 0.15) is 5.78 Å². The fourth-order valence-corrected chi connectivity index (χ4v) is 2.07. The Balaban J connectivity index is 3.17. The fourth-order valence-electron chi connectivity index (χ4n) is 1.62. The van der Waals surface area contributed by atoms with Crippen LogP contribution in [0.2, 0.25) is 10.0 Å². The van der Waals surface area contributed by atoms with Gasteiger partial charge in [0.05, 0.1) is 22.4 Å².